The highest BCUT2D eigenvalue weighted by Gasteiger charge is 2.31. The van der Waals surface area contributed by atoms with Gasteiger partial charge in [-0.3, -0.25) is 4.79 Å². The van der Waals surface area contributed by atoms with Gasteiger partial charge in [0.15, 0.2) is 6.61 Å². The van der Waals surface area contributed by atoms with E-state index in [1.807, 2.05) is 6.07 Å². The third kappa shape index (κ3) is 5.13. The smallest absolute Gasteiger partial charge is 0.483 e. The first-order valence-electron chi connectivity index (χ1n) is 8.40. The molecule has 5 nitrogen and oxygen atoms in total. The molecule has 1 atom stereocenters. The molecule has 0 fully saturated rings. The summed E-state index contributed by atoms with van der Waals surface area (Å²) in [5.74, 6) is -0.269. The van der Waals surface area contributed by atoms with E-state index in [4.69, 9.17) is 4.74 Å². The minimum absolute atomic E-state index is 0.257. The van der Waals surface area contributed by atoms with Crippen LogP contribution in [0.15, 0.2) is 42.5 Å². The lowest BCUT2D eigenvalue weighted by molar-refractivity contribution is -0.274. The first-order chi connectivity index (χ1) is 12.8. The molecule has 0 aliphatic heterocycles. The molecule has 0 heterocycles. The molecule has 2 aromatic carbocycles. The number of ether oxygens (including phenoxy) is 2. The Morgan fingerprint density at radius 2 is 1.93 bits per heavy atom. The molecule has 1 amide bonds. The summed E-state index contributed by atoms with van der Waals surface area (Å²) >= 11 is 0. The number of amides is 1. The van der Waals surface area contributed by atoms with Crippen LogP contribution in [0.5, 0.6) is 11.5 Å². The van der Waals surface area contributed by atoms with Gasteiger partial charge in [0.25, 0.3) is 5.91 Å². The fourth-order valence-electron chi connectivity index (χ4n) is 3.01. The Morgan fingerprint density at radius 1 is 1.19 bits per heavy atom. The highest BCUT2D eigenvalue weighted by atomic mass is 19.4. The van der Waals surface area contributed by atoms with Crippen molar-refractivity contribution < 1.29 is 32.5 Å². The Balaban J connectivity index is 1.57. The number of aliphatic hydroxyl groups is 1. The van der Waals surface area contributed by atoms with E-state index in [-0.39, 0.29) is 12.4 Å². The quantitative estimate of drug-likeness (QED) is 0.822. The predicted molar refractivity (Wildman–Crippen MR) is 91.6 cm³/mol. The third-order valence-corrected chi connectivity index (χ3v) is 4.16. The zero-order valence-electron chi connectivity index (χ0n) is 14.3. The molecule has 0 saturated heterocycles. The lowest BCUT2D eigenvalue weighted by atomic mass is 9.89. The van der Waals surface area contributed by atoms with Crippen molar-refractivity contribution in [2.45, 2.75) is 31.7 Å². The van der Waals surface area contributed by atoms with Gasteiger partial charge in [0.1, 0.15) is 11.5 Å². The third-order valence-electron chi connectivity index (χ3n) is 4.16. The van der Waals surface area contributed by atoms with Crippen LogP contribution in [0.2, 0.25) is 0 Å². The number of nitrogens with one attached hydrogen (secondary N) is 1. The van der Waals surface area contributed by atoms with Crippen molar-refractivity contribution in [1.82, 2.24) is 0 Å². The minimum Gasteiger partial charge on any atom is -0.483 e. The molecule has 144 valence electrons. The van der Waals surface area contributed by atoms with Gasteiger partial charge in [-0.05, 0) is 60.7 Å². The number of anilines is 1. The van der Waals surface area contributed by atoms with Crippen LogP contribution in [-0.4, -0.2) is 24.0 Å². The Morgan fingerprint density at radius 3 is 2.63 bits per heavy atom. The van der Waals surface area contributed by atoms with E-state index in [0.29, 0.717) is 17.9 Å². The van der Waals surface area contributed by atoms with Crippen molar-refractivity contribution in [2.75, 3.05) is 11.9 Å². The SMILES string of the molecule is O=C(COc1cccc2c1CCC[C@@H]2O)Nc1ccc(OC(F)(F)F)cc1. The monoisotopic (exact) mass is 381 g/mol. The molecule has 0 radical (unpaired) electrons. The fraction of sp³-hybridized carbons (Fsp3) is 0.316. The predicted octanol–water partition coefficient (Wildman–Crippen LogP) is 3.97. The molecule has 0 bridgehead atoms. The van der Waals surface area contributed by atoms with Gasteiger partial charge in [-0.15, -0.1) is 13.2 Å². The largest absolute Gasteiger partial charge is 0.573 e. The summed E-state index contributed by atoms with van der Waals surface area (Å²) in [4.78, 5) is 12.0. The topological polar surface area (TPSA) is 67.8 Å². The molecule has 0 aromatic heterocycles. The summed E-state index contributed by atoms with van der Waals surface area (Å²) in [7, 11) is 0. The van der Waals surface area contributed by atoms with Crippen LogP contribution < -0.4 is 14.8 Å². The van der Waals surface area contributed by atoms with Crippen LogP contribution in [0.3, 0.4) is 0 Å². The number of rotatable bonds is 5. The maximum atomic E-state index is 12.1. The van der Waals surface area contributed by atoms with Gasteiger partial charge in [-0.1, -0.05) is 12.1 Å². The van der Waals surface area contributed by atoms with E-state index in [1.165, 1.54) is 12.1 Å². The molecular formula is C19H18F3NO4. The van der Waals surface area contributed by atoms with E-state index in [0.717, 1.165) is 36.1 Å². The normalized spacial score (nSPS) is 16.4. The second-order valence-electron chi connectivity index (χ2n) is 6.14. The van der Waals surface area contributed by atoms with Crippen LogP contribution in [0.4, 0.5) is 18.9 Å². The Labute approximate surface area is 153 Å². The fourth-order valence-corrected chi connectivity index (χ4v) is 3.01. The number of hydrogen-bond donors (Lipinski definition) is 2. The first-order valence-corrected chi connectivity index (χ1v) is 8.40. The van der Waals surface area contributed by atoms with Gasteiger partial charge in [0.2, 0.25) is 0 Å². The van der Waals surface area contributed by atoms with Gasteiger partial charge >= 0.3 is 6.36 Å². The van der Waals surface area contributed by atoms with E-state index < -0.39 is 18.4 Å². The van der Waals surface area contributed by atoms with Gasteiger partial charge in [0.05, 0.1) is 6.10 Å². The maximum absolute atomic E-state index is 12.1. The lowest BCUT2D eigenvalue weighted by Gasteiger charge is -2.23. The number of alkyl halides is 3. The van der Waals surface area contributed by atoms with Crippen LogP contribution >= 0.6 is 0 Å². The molecule has 2 N–H and O–H groups in total. The number of benzene rings is 2. The molecule has 0 saturated carbocycles. The van der Waals surface area contributed by atoms with Crippen LogP contribution in [0.1, 0.15) is 30.1 Å². The zero-order valence-corrected chi connectivity index (χ0v) is 14.3. The van der Waals surface area contributed by atoms with Crippen molar-refractivity contribution in [3.05, 3.63) is 53.6 Å². The van der Waals surface area contributed by atoms with Gasteiger partial charge in [-0.2, -0.15) is 0 Å². The van der Waals surface area contributed by atoms with Crippen molar-refractivity contribution >= 4 is 11.6 Å². The van der Waals surface area contributed by atoms with Gasteiger partial charge in [0, 0.05) is 5.69 Å². The molecule has 1 aliphatic carbocycles. The molecule has 0 spiro atoms. The summed E-state index contributed by atoms with van der Waals surface area (Å²) in [6.45, 7) is -0.257. The standard InChI is InChI=1S/C19H18F3NO4/c20-19(21,22)27-13-9-7-12(8-10-13)23-18(25)11-26-17-6-2-3-14-15(17)4-1-5-16(14)24/h2-3,6-10,16,24H,1,4-5,11H2,(H,23,25)/t16-/m0/s1. The Hall–Kier alpha value is -2.74. The molecule has 27 heavy (non-hydrogen) atoms. The van der Waals surface area contributed by atoms with Crippen molar-refractivity contribution in [3.8, 4) is 11.5 Å². The van der Waals surface area contributed by atoms with Crippen molar-refractivity contribution in [1.29, 1.82) is 0 Å². The average molecular weight is 381 g/mol. The molecular weight excluding hydrogens is 363 g/mol. The van der Waals surface area contributed by atoms with E-state index in [2.05, 4.69) is 10.1 Å². The maximum Gasteiger partial charge on any atom is 0.573 e. The summed E-state index contributed by atoms with van der Waals surface area (Å²) < 4.78 is 45.8. The minimum atomic E-state index is -4.76. The van der Waals surface area contributed by atoms with Crippen molar-refractivity contribution in [3.63, 3.8) is 0 Å². The van der Waals surface area contributed by atoms with Crippen LogP contribution in [0, 0.1) is 0 Å². The number of halogens is 3. The van der Waals surface area contributed by atoms with E-state index in [9.17, 15) is 23.1 Å². The van der Waals surface area contributed by atoms with Crippen LogP contribution in [-0.2, 0) is 11.2 Å². The summed E-state index contributed by atoms with van der Waals surface area (Å²) in [5.41, 5.74) is 2.04. The van der Waals surface area contributed by atoms with Gasteiger partial charge in [-0.25, -0.2) is 0 Å². The molecule has 1 aliphatic rings. The molecule has 0 unspecified atom stereocenters. The highest BCUT2D eigenvalue weighted by Crippen LogP contribution is 2.35. The number of aliphatic hydroxyl groups excluding tert-OH is 1. The molecule has 2 aromatic rings. The molecule has 3 rings (SSSR count). The Kier molecular flexibility index (Phi) is 5.55. The van der Waals surface area contributed by atoms with E-state index in [1.54, 1.807) is 12.1 Å². The average Bonchev–Trinajstić information content (AvgIpc) is 2.61. The molecule has 8 heteroatoms. The lowest BCUT2D eigenvalue weighted by Crippen LogP contribution is -2.21. The second-order valence-corrected chi connectivity index (χ2v) is 6.14. The second kappa shape index (κ2) is 7.87. The number of carbonyl (C=O) groups excluding carboxylic acids is 1. The number of fused-ring (bicyclic) bond motifs is 1. The Bertz CT molecular complexity index is 806. The van der Waals surface area contributed by atoms with Gasteiger partial charge < -0.3 is 19.9 Å². The highest BCUT2D eigenvalue weighted by molar-refractivity contribution is 5.91. The summed E-state index contributed by atoms with van der Waals surface area (Å²) in [6, 6.07) is 10.2. The summed E-state index contributed by atoms with van der Waals surface area (Å²) in [6.07, 6.45) is -2.98. The van der Waals surface area contributed by atoms with Crippen molar-refractivity contribution in [2.24, 2.45) is 0 Å². The van der Waals surface area contributed by atoms with E-state index >= 15 is 0 Å². The van der Waals surface area contributed by atoms with Crippen LogP contribution in [0.25, 0.3) is 0 Å². The zero-order chi connectivity index (χ0) is 19.4. The summed E-state index contributed by atoms with van der Waals surface area (Å²) in [5, 5.41) is 12.6. The number of hydrogen-bond acceptors (Lipinski definition) is 4. The number of carbonyl (C=O) groups is 1. The first kappa shape index (κ1) is 19.0.